The Morgan fingerprint density at radius 2 is 1.18 bits per heavy atom. The van der Waals surface area contributed by atoms with Crippen LogP contribution in [0.5, 0.6) is 0 Å². The molecule has 0 fully saturated rings. The van der Waals surface area contributed by atoms with Gasteiger partial charge in [-0.05, 0) is 53.1 Å². The minimum absolute atomic E-state index is 0.953. The molecule has 0 aliphatic heterocycles. The maximum Gasteiger partial charge on any atom is 0.0289 e. The van der Waals surface area contributed by atoms with E-state index in [1.54, 1.807) is 0 Å². The first-order valence-electron chi connectivity index (χ1n) is 11.9. The van der Waals surface area contributed by atoms with Gasteiger partial charge in [-0.15, -0.1) is 0 Å². The molecule has 0 radical (unpaired) electrons. The molecule has 0 spiro atoms. The van der Waals surface area contributed by atoms with E-state index in [1.165, 1.54) is 117 Å². The number of hydrogen-bond acceptors (Lipinski definition) is 0. The summed E-state index contributed by atoms with van der Waals surface area (Å²) < 4.78 is 0. The zero-order chi connectivity index (χ0) is 20.0. The van der Waals surface area contributed by atoms with Gasteiger partial charge in [0.05, 0.1) is 0 Å². The van der Waals surface area contributed by atoms with Crippen LogP contribution in [0.2, 0.25) is 0 Å². The Morgan fingerprint density at radius 3 is 1.79 bits per heavy atom. The van der Waals surface area contributed by atoms with Crippen molar-refractivity contribution in [2.24, 2.45) is 0 Å². The molecule has 1 heteroatoms. The molecule has 0 unspecified atom stereocenters. The highest BCUT2D eigenvalue weighted by atomic mass is 79.9. The van der Waals surface area contributed by atoms with Gasteiger partial charge in [0.25, 0.3) is 0 Å². The van der Waals surface area contributed by atoms with Gasteiger partial charge in [0.1, 0.15) is 0 Å². The highest BCUT2D eigenvalue weighted by Gasteiger charge is 2.06. The summed E-state index contributed by atoms with van der Waals surface area (Å²) in [5.74, 6) is 0. The summed E-state index contributed by atoms with van der Waals surface area (Å²) in [5.41, 5.74) is 4.48. The van der Waals surface area contributed by atoms with Crippen molar-refractivity contribution in [1.82, 2.24) is 0 Å². The number of halogens is 1. The molecule has 0 saturated heterocycles. The van der Waals surface area contributed by atoms with Crippen molar-refractivity contribution in [3.8, 4) is 0 Å². The summed E-state index contributed by atoms with van der Waals surface area (Å²) in [6.45, 7) is 4.57. The van der Waals surface area contributed by atoms with Crippen LogP contribution in [0, 0.1) is 0 Å². The minimum atomic E-state index is 0.953. The number of hydrogen-bond donors (Lipinski definition) is 0. The van der Waals surface area contributed by atoms with Crippen LogP contribution in [0.3, 0.4) is 0 Å². The van der Waals surface area contributed by atoms with Gasteiger partial charge in [-0.3, -0.25) is 0 Å². The van der Waals surface area contributed by atoms with Crippen LogP contribution >= 0.6 is 15.9 Å². The molecule has 2 aromatic rings. The Labute approximate surface area is 182 Å². The SMILES string of the molecule is CCCCCCCCc1cc(CBr)c2cc(CCCCCCCC)ccc2c1. The predicted molar refractivity (Wildman–Crippen MR) is 131 cm³/mol. The molecule has 0 aliphatic carbocycles. The molecular weight excluding hydrogens is 404 g/mol. The Hall–Kier alpha value is -0.820. The molecule has 0 heterocycles. The maximum absolute atomic E-state index is 3.74. The summed E-state index contributed by atoms with van der Waals surface area (Å²) in [6, 6.07) is 12.0. The molecule has 0 bridgehead atoms. The second kappa shape index (κ2) is 14.2. The van der Waals surface area contributed by atoms with Crippen molar-refractivity contribution in [2.45, 2.75) is 109 Å². The normalized spacial score (nSPS) is 11.4. The largest absolute Gasteiger partial charge is 0.0876 e. The summed E-state index contributed by atoms with van der Waals surface area (Å²) in [5, 5.41) is 3.82. The van der Waals surface area contributed by atoms with E-state index in [0.717, 1.165) is 5.33 Å². The highest BCUT2D eigenvalue weighted by molar-refractivity contribution is 9.08. The van der Waals surface area contributed by atoms with Crippen LogP contribution < -0.4 is 0 Å². The second-order valence-corrected chi connectivity index (χ2v) is 9.04. The first-order chi connectivity index (χ1) is 13.8. The fourth-order valence-corrected chi connectivity index (χ4v) is 4.64. The van der Waals surface area contributed by atoms with Crippen molar-refractivity contribution in [3.05, 3.63) is 47.0 Å². The van der Waals surface area contributed by atoms with E-state index < -0.39 is 0 Å². The summed E-state index contributed by atoms with van der Waals surface area (Å²) >= 11 is 3.74. The standard InChI is InChI=1S/C27H41Br/c1-3-5-7-9-11-13-15-23-17-18-25-19-24(16-14-12-10-8-6-4-2)20-26(22-28)27(25)21-23/h17-21H,3-16,22H2,1-2H3. The second-order valence-electron chi connectivity index (χ2n) is 8.48. The number of aryl methyl sites for hydroxylation is 2. The van der Waals surface area contributed by atoms with Gasteiger partial charge in [0.2, 0.25) is 0 Å². The van der Waals surface area contributed by atoms with Crippen LogP contribution in [0.25, 0.3) is 10.8 Å². The lowest BCUT2D eigenvalue weighted by Crippen LogP contribution is -1.93. The van der Waals surface area contributed by atoms with Crippen molar-refractivity contribution in [1.29, 1.82) is 0 Å². The van der Waals surface area contributed by atoms with E-state index in [4.69, 9.17) is 0 Å². The average Bonchev–Trinajstić information content (AvgIpc) is 2.72. The van der Waals surface area contributed by atoms with Crippen molar-refractivity contribution >= 4 is 26.7 Å². The number of rotatable bonds is 15. The number of fused-ring (bicyclic) bond motifs is 1. The molecule has 156 valence electrons. The van der Waals surface area contributed by atoms with Crippen LogP contribution in [0.15, 0.2) is 30.3 Å². The van der Waals surface area contributed by atoms with E-state index in [1.807, 2.05) is 0 Å². The third-order valence-corrected chi connectivity index (χ3v) is 6.55. The lowest BCUT2D eigenvalue weighted by molar-refractivity contribution is 0.607. The first-order valence-corrected chi connectivity index (χ1v) is 13.0. The Kier molecular flexibility index (Phi) is 11.9. The fourth-order valence-electron chi connectivity index (χ4n) is 4.18. The molecule has 2 aromatic carbocycles. The summed E-state index contributed by atoms with van der Waals surface area (Å²) in [4.78, 5) is 0. The molecule has 2 rings (SSSR count). The van der Waals surface area contributed by atoms with Crippen LogP contribution in [-0.4, -0.2) is 0 Å². The summed E-state index contributed by atoms with van der Waals surface area (Å²) in [6.07, 6.45) is 18.9. The van der Waals surface area contributed by atoms with Crippen LogP contribution in [0.1, 0.15) is 108 Å². The van der Waals surface area contributed by atoms with Gasteiger partial charge in [-0.2, -0.15) is 0 Å². The van der Waals surface area contributed by atoms with Crippen LogP contribution in [0.4, 0.5) is 0 Å². The van der Waals surface area contributed by atoms with Crippen molar-refractivity contribution in [2.75, 3.05) is 0 Å². The number of benzene rings is 2. The predicted octanol–water partition coefficient (Wildman–Crippen LogP) is 9.54. The van der Waals surface area contributed by atoms with E-state index in [2.05, 4.69) is 60.1 Å². The van der Waals surface area contributed by atoms with Crippen LogP contribution in [-0.2, 0) is 18.2 Å². The molecule has 0 aromatic heterocycles. The first kappa shape index (κ1) is 23.5. The van der Waals surface area contributed by atoms with Gasteiger partial charge in [-0.1, -0.05) is 124 Å². The van der Waals surface area contributed by atoms with Crippen molar-refractivity contribution in [3.63, 3.8) is 0 Å². The van der Waals surface area contributed by atoms with Gasteiger partial charge >= 0.3 is 0 Å². The quantitative estimate of drug-likeness (QED) is 0.189. The molecule has 0 nitrogen and oxygen atoms in total. The van der Waals surface area contributed by atoms with E-state index >= 15 is 0 Å². The fraction of sp³-hybridized carbons (Fsp3) is 0.630. The van der Waals surface area contributed by atoms with Gasteiger partial charge < -0.3 is 0 Å². The Balaban J connectivity index is 1.91. The molecule has 0 aliphatic rings. The molecule has 28 heavy (non-hydrogen) atoms. The lowest BCUT2D eigenvalue weighted by atomic mass is 9.95. The van der Waals surface area contributed by atoms with Gasteiger partial charge in [0.15, 0.2) is 0 Å². The van der Waals surface area contributed by atoms with Gasteiger partial charge in [-0.25, -0.2) is 0 Å². The Morgan fingerprint density at radius 1 is 0.607 bits per heavy atom. The van der Waals surface area contributed by atoms with E-state index in [-0.39, 0.29) is 0 Å². The topological polar surface area (TPSA) is 0 Å². The number of unbranched alkanes of at least 4 members (excludes halogenated alkanes) is 10. The van der Waals surface area contributed by atoms with E-state index in [0.29, 0.717) is 0 Å². The monoisotopic (exact) mass is 444 g/mol. The third kappa shape index (κ3) is 8.27. The maximum atomic E-state index is 3.74. The van der Waals surface area contributed by atoms with E-state index in [9.17, 15) is 0 Å². The molecule has 0 amide bonds. The molecular formula is C27H41Br. The molecule has 0 saturated carbocycles. The molecule has 0 N–H and O–H groups in total. The Bertz CT molecular complexity index is 673. The third-order valence-electron chi connectivity index (χ3n) is 5.95. The minimum Gasteiger partial charge on any atom is -0.0876 e. The highest BCUT2D eigenvalue weighted by Crippen LogP contribution is 2.26. The smallest absolute Gasteiger partial charge is 0.0289 e. The molecule has 0 atom stereocenters. The zero-order valence-electron chi connectivity index (χ0n) is 18.4. The van der Waals surface area contributed by atoms with Crippen molar-refractivity contribution < 1.29 is 0 Å². The number of alkyl halides is 1. The average molecular weight is 446 g/mol. The summed E-state index contributed by atoms with van der Waals surface area (Å²) in [7, 11) is 0. The zero-order valence-corrected chi connectivity index (χ0v) is 20.0. The van der Waals surface area contributed by atoms with Gasteiger partial charge in [0, 0.05) is 5.33 Å². The lowest BCUT2D eigenvalue weighted by Gasteiger charge is -2.11.